The van der Waals surface area contributed by atoms with Crippen LogP contribution >= 0.6 is 0 Å². The minimum Gasteiger partial charge on any atom is -0.485 e. The highest BCUT2D eigenvalue weighted by Gasteiger charge is 2.50. The van der Waals surface area contributed by atoms with Crippen LogP contribution in [0.1, 0.15) is 29.0 Å². The highest BCUT2D eigenvalue weighted by molar-refractivity contribution is 7.88. The molecule has 0 radical (unpaired) electrons. The molecule has 1 fully saturated rings. The van der Waals surface area contributed by atoms with Crippen LogP contribution in [0.4, 0.5) is 0 Å². The van der Waals surface area contributed by atoms with Crippen LogP contribution < -0.4 is 14.2 Å². The van der Waals surface area contributed by atoms with E-state index in [9.17, 15) is 18.3 Å². The van der Waals surface area contributed by atoms with Crippen LogP contribution in [0.3, 0.4) is 0 Å². The van der Waals surface area contributed by atoms with Gasteiger partial charge < -0.3 is 19.7 Å². The second kappa shape index (κ2) is 8.49. The van der Waals surface area contributed by atoms with Crippen molar-refractivity contribution in [1.82, 2.24) is 4.72 Å². The van der Waals surface area contributed by atoms with Gasteiger partial charge in [0, 0.05) is 30.4 Å². The number of aliphatic hydroxyl groups is 1. The molecule has 1 aliphatic heterocycles. The molecule has 0 saturated heterocycles. The molecule has 1 heterocycles. The fraction of sp³-hybridized carbons (Fsp3) is 0.409. The van der Waals surface area contributed by atoms with Crippen molar-refractivity contribution in [3.63, 3.8) is 0 Å². The maximum Gasteiger partial charge on any atom is 0.341 e. The number of carboxylic acid groups (broad SMARTS) is 1. The fourth-order valence-corrected chi connectivity index (χ4v) is 5.75. The molecule has 3 N–H and O–H groups in total. The summed E-state index contributed by atoms with van der Waals surface area (Å²) in [6.07, 6.45) is -0.666. The molecule has 2 aromatic carbocycles. The summed E-state index contributed by atoms with van der Waals surface area (Å²) >= 11 is 0. The van der Waals surface area contributed by atoms with Crippen LogP contribution in [-0.2, 0) is 20.6 Å². The Balaban J connectivity index is 1.49. The van der Waals surface area contributed by atoms with Crippen molar-refractivity contribution in [3.8, 4) is 11.5 Å². The van der Waals surface area contributed by atoms with Crippen LogP contribution in [0.15, 0.2) is 42.5 Å². The summed E-state index contributed by atoms with van der Waals surface area (Å²) < 4.78 is 39.3. The first-order valence-corrected chi connectivity index (χ1v) is 11.7. The Kier molecular flexibility index (Phi) is 5.92. The van der Waals surface area contributed by atoms with E-state index in [0.717, 1.165) is 16.7 Å². The molecule has 8 nitrogen and oxygen atoms in total. The van der Waals surface area contributed by atoms with Gasteiger partial charge in [0.25, 0.3) is 0 Å². The zero-order valence-corrected chi connectivity index (χ0v) is 17.8. The molecule has 0 bridgehead atoms. The van der Waals surface area contributed by atoms with Gasteiger partial charge >= 0.3 is 5.97 Å². The molecule has 2 aromatic rings. The number of aryl methyl sites for hydroxylation is 1. The van der Waals surface area contributed by atoms with Crippen LogP contribution in [0, 0.1) is 12.8 Å². The summed E-state index contributed by atoms with van der Waals surface area (Å²) in [6, 6.07) is 12.5. The number of benzene rings is 2. The standard InChI is InChI=1S/C22H25NO7S/c1-13-5-2-3-6-14(13)12-31(27,28)23-10-16-17(24)9-19-21(16)15-7-4-8-18(22(15)30-19)29-11-20(25)26/h2-8,16-17,19,21,23-24H,9-12H2,1H3,(H,25,26). The van der Waals surface area contributed by atoms with E-state index in [-0.39, 0.29) is 30.2 Å². The van der Waals surface area contributed by atoms with Gasteiger partial charge in [-0.3, -0.25) is 0 Å². The Morgan fingerprint density at radius 2 is 2.00 bits per heavy atom. The second-order valence-electron chi connectivity index (χ2n) is 8.04. The third-order valence-electron chi connectivity index (χ3n) is 5.96. The third kappa shape index (κ3) is 4.53. The molecule has 4 unspecified atom stereocenters. The quantitative estimate of drug-likeness (QED) is 0.564. The smallest absolute Gasteiger partial charge is 0.341 e. The van der Waals surface area contributed by atoms with E-state index in [0.29, 0.717) is 17.9 Å². The molecule has 4 atom stereocenters. The number of fused-ring (bicyclic) bond motifs is 3. The van der Waals surface area contributed by atoms with Crippen molar-refractivity contribution in [2.24, 2.45) is 5.92 Å². The van der Waals surface area contributed by atoms with Gasteiger partial charge in [-0.1, -0.05) is 36.4 Å². The molecule has 31 heavy (non-hydrogen) atoms. The number of rotatable bonds is 8. The van der Waals surface area contributed by atoms with E-state index in [1.54, 1.807) is 24.3 Å². The normalized spacial score (nSPS) is 24.3. The van der Waals surface area contributed by atoms with Gasteiger partial charge in [0.15, 0.2) is 18.1 Å². The van der Waals surface area contributed by atoms with Gasteiger partial charge in [0.05, 0.1) is 11.9 Å². The second-order valence-corrected chi connectivity index (χ2v) is 9.85. The van der Waals surface area contributed by atoms with Crippen molar-refractivity contribution in [2.75, 3.05) is 13.2 Å². The Hall–Kier alpha value is -2.62. The first-order valence-electron chi connectivity index (χ1n) is 10.1. The number of ether oxygens (including phenoxy) is 2. The Morgan fingerprint density at radius 1 is 1.23 bits per heavy atom. The Bertz CT molecular complexity index is 1090. The van der Waals surface area contributed by atoms with E-state index < -0.39 is 28.7 Å². The number of carbonyl (C=O) groups is 1. The van der Waals surface area contributed by atoms with Gasteiger partial charge in [-0.2, -0.15) is 0 Å². The van der Waals surface area contributed by atoms with Gasteiger partial charge in [0.1, 0.15) is 6.10 Å². The third-order valence-corrected chi connectivity index (χ3v) is 7.26. The number of carboxylic acids is 1. The number of hydrogen-bond acceptors (Lipinski definition) is 6. The lowest BCUT2D eigenvalue weighted by molar-refractivity contribution is -0.139. The highest BCUT2D eigenvalue weighted by Crippen LogP contribution is 2.53. The topological polar surface area (TPSA) is 122 Å². The maximum absolute atomic E-state index is 12.7. The molecule has 0 spiro atoms. The van der Waals surface area contributed by atoms with Crippen molar-refractivity contribution >= 4 is 16.0 Å². The lowest BCUT2D eigenvalue weighted by atomic mass is 9.88. The van der Waals surface area contributed by atoms with Crippen LogP contribution in [0.25, 0.3) is 0 Å². The van der Waals surface area contributed by atoms with Crippen molar-refractivity contribution in [3.05, 3.63) is 59.2 Å². The molecule has 9 heteroatoms. The van der Waals surface area contributed by atoms with E-state index >= 15 is 0 Å². The number of sulfonamides is 1. The Labute approximate surface area is 180 Å². The number of nitrogens with one attached hydrogen (secondary N) is 1. The average molecular weight is 448 g/mol. The first-order chi connectivity index (χ1) is 14.7. The molecule has 1 aliphatic carbocycles. The number of hydrogen-bond donors (Lipinski definition) is 3. The van der Waals surface area contributed by atoms with E-state index in [1.165, 1.54) is 0 Å². The molecule has 4 rings (SSSR count). The predicted molar refractivity (Wildman–Crippen MR) is 113 cm³/mol. The zero-order valence-electron chi connectivity index (χ0n) is 17.0. The maximum atomic E-state index is 12.7. The minimum absolute atomic E-state index is 0.0829. The first kappa shape index (κ1) is 21.6. The Morgan fingerprint density at radius 3 is 2.74 bits per heavy atom. The summed E-state index contributed by atoms with van der Waals surface area (Å²) in [5.74, 6) is -0.989. The summed E-state index contributed by atoms with van der Waals surface area (Å²) in [5, 5.41) is 19.4. The van der Waals surface area contributed by atoms with Crippen molar-refractivity contribution in [1.29, 1.82) is 0 Å². The molecule has 1 saturated carbocycles. The lowest BCUT2D eigenvalue weighted by Crippen LogP contribution is -2.35. The van der Waals surface area contributed by atoms with Gasteiger partial charge in [0.2, 0.25) is 10.0 Å². The van der Waals surface area contributed by atoms with Crippen LogP contribution in [0.2, 0.25) is 0 Å². The molecule has 0 amide bonds. The minimum atomic E-state index is -3.59. The van der Waals surface area contributed by atoms with E-state index in [2.05, 4.69) is 4.72 Å². The van der Waals surface area contributed by atoms with Crippen LogP contribution in [0.5, 0.6) is 11.5 Å². The SMILES string of the molecule is Cc1ccccc1CS(=O)(=O)NCC1C(O)CC2Oc3c(OCC(=O)O)cccc3C21. The summed E-state index contributed by atoms with van der Waals surface area (Å²) in [4.78, 5) is 10.8. The van der Waals surface area contributed by atoms with Gasteiger partial charge in [-0.15, -0.1) is 0 Å². The molecular formula is C22H25NO7S. The largest absolute Gasteiger partial charge is 0.485 e. The number of aliphatic hydroxyl groups excluding tert-OH is 1. The molecule has 166 valence electrons. The van der Waals surface area contributed by atoms with Crippen molar-refractivity contribution in [2.45, 2.75) is 37.2 Å². The zero-order chi connectivity index (χ0) is 22.2. The average Bonchev–Trinajstić information content (AvgIpc) is 3.21. The van der Waals surface area contributed by atoms with E-state index in [4.69, 9.17) is 14.6 Å². The summed E-state index contributed by atoms with van der Waals surface area (Å²) in [7, 11) is -3.59. The summed E-state index contributed by atoms with van der Waals surface area (Å²) in [5.41, 5.74) is 2.43. The molecule has 0 aromatic heterocycles. The number of aliphatic carboxylic acids is 1. The molecule has 2 aliphatic rings. The van der Waals surface area contributed by atoms with Crippen molar-refractivity contribution < 1.29 is 32.9 Å². The predicted octanol–water partition coefficient (Wildman–Crippen LogP) is 1.80. The van der Waals surface area contributed by atoms with Gasteiger partial charge in [-0.25, -0.2) is 17.9 Å². The summed E-state index contributed by atoms with van der Waals surface area (Å²) in [6.45, 7) is 1.46. The lowest BCUT2D eigenvalue weighted by Gasteiger charge is -2.21. The number of para-hydroxylation sites is 1. The van der Waals surface area contributed by atoms with Crippen LogP contribution in [-0.4, -0.2) is 50.0 Å². The fourth-order valence-electron chi connectivity index (χ4n) is 4.47. The van der Waals surface area contributed by atoms with E-state index in [1.807, 2.05) is 25.1 Å². The monoisotopic (exact) mass is 447 g/mol. The highest BCUT2D eigenvalue weighted by atomic mass is 32.2. The molecular weight excluding hydrogens is 422 g/mol. The van der Waals surface area contributed by atoms with Gasteiger partial charge in [-0.05, 0) is 24.1 Å².